The molecule has 0 radical (unpaired) electrons. The number of aliphatic hydroxyl groups excluding tert-OH is 1. The Morgan fingerprint density at radius 3 is 2.64 bits per heavy atom. The summed E-state index contributed by atoms with van der Waals surface area (Å²) < 4.78 is 20.8. The van der Waals surface area contributed by atoms with Crippen LogP contribution in [0.2, 0.25) is 0 Å². The summed E-state index contributed by atoms with van der Waals surface area (Å²) in [7, 11) is 4.05. The van der Waals surface area contributed by atoms with Crippen molar-refractivity contribution in [2.75, 3.05) is 40.0 Å². The van der Waals surface area contributed by atoms with Crippen LogP contribution in [0.4, 0.5) is 0 Å². The van der Waals surface area contributed by atoms with E-state index in [0.717, 1.165) is 51.1 Å². The van der Waals surface area contributed by atoms with Crippen LogP contribution in [0.25, 0.3) is 22.0 Å². The highest BCUT2D eigenvalue weighted by Crippen LogP contribution is 2.39. The molecule has 8 heteroatoms. The second-order valence-electron chi connectivity index (χ2n) is 12.3. The van der Waals surface area contributed by atoms with Crippen LogP contribution in [0, 0.1) is 5.92 Å². The number of rotatable bonds is 6. The van der Waals surface area contributed by atoms with Gasteiger partial charge in [0, 0.05) is 61.1 Å². The Morgan fingerprint density at radius 1 is 1.02 bits per heavy atom. The molecule has 4 aromatic rings. The first-order chi connectivity index (χ1) is 21.4. The molecular formula is C36H43N3O5. The molecule has 2 aliphatic heterocycles. The maximum atomic E-state index is 14.6. The SMILES string of the molecule is C[C@@H]1CN([C@H](C)CO)C(=O)c2c(c3ccccc3n2C)-c2ccccc2CO[C@H]1CN(C)Cc1cccc2c1OCCCO2. The van der Waals surface area contributed by atoms with E-state index in [9.17, 15) is 9.90 Å². The number of aliphatic hydroxyl groups is 1. The highest BCUT2D eigenvalue weighted by molar-refractivity contribution is 6.10. The summed E-state index contributed by atoms with van der Waals surface area (Å²) in [6.07, 6.45) is 0.687. The monoisotopic (exact) mass is 597 g/mol. The van der Waals surface area contributed by atoms with Crippen LogP contribution < -0.4 is 9.47 Å². The van der Waals surface area contributed by atoms with Gasteiger partial charge in [0.25, 0.3) is 5.91 Å². The lowest BCUT2D eigenvalue weighted by atomic mass is 9.96. The molecule has 6 rings (SSSR count). The normalized spacial score (nSPS) is 19.7. The van der Waals surface area contributed by atoms with Crippen LogP contribution in [0.3, 0.4) is 0 Å². The summed E-state index contributed by atoms with van der Waals surface area (Å²) in [5, 5.41) is 11.3. The minimum atomic E-state index is -0.359. The molecule has 3 atom stereocenters. The van der Waals surface area contributed by atoms with Crippen LogP contribution in [0.1, 0.15) is 41.9 Å². The summed E-state index contributed by atoms with van der Waals surface area (Å²) in [4.78, 5) is 18.6. The van der Waals surface area contributed by atoms with Crippen molar-refractivity contribution in [1.29, 1.82) is 0 Å². The number of carbonyl (C=O) groups excluding carboxylic acids is 1. The fraction of sp³-hybridized carbons (Fsp3) is 0.417. The van der Waals surface area contributed by atoms with Crippen LogP contribution in [0.15, 0.2) is 66.7 Å². The summed E-state index contributed by atoms with van der Waals surface area (Å²) in [6.45, 7) is 7.41. The van der Waals surface area contributed by atoms with Crippen molar-refractivity contribution in [2.45, 2.75) is 45.6 Å². The smallest absolute Gasteiger partial charge is 0.271 e. The summed E-state index contributed by atoms with van der Waals surface area (Å²) in [5.74, 6) is 1.52. The number of fused-ring (bicyclic) bond motifs is 6. The van der Waals surface area contributed by atoms with Crippen molar-refractivity contribution < 1.29 is 24.1 Å². The van der Waals surface area contributed by atoms with Crippen molar-refractivity contribution in [3.8, 4) is 22.6 Å². The molecule has 0 fully saturated rings. The molecule has 1 N–H and O–H groups in total. The van der Waals surface area contributed by atoms with E-state index in [4.69, 9.17) is 14.2 Å². The van der Waals surface area contributed by atoms with Crippen molar-refractivity contribution in [3.05, 3.63) is 83.6 Å². The quantitative estimate of drug-likeness (QED) is 0.317. The van der Waals surface area contributed by atoms with E-state index in [1.807, 2.05) is 59.8 Å². The molecular weight excluding hydrogens is 554 g/mol. The molecule has 8 nitrogen and oxygen atoms in total. The molecule has 3 aromatic carbocycles. The number of nitrogens with zero attached hydrogens (tertiary/aromatic N) is 3. The zero-order valence-corrected chi connectivity index (χ0v) is 26.2. The number of likely N-dealkylation sites (N-methyl/N-ethyl adjacent to an activating group) is 1. The molecule has 1 amide bonds. The van der Waals surface area contributed by atoms with Crippen molar-refractivity contribution in [3.63, 3.8) is 0 Å². The highest BCUT2D eigenvalue weighted by atomic mass is 16.5. The number of aryl methyl sites for hydroxylation is 1. The topological polar surface area (TPSA) is 76.4 Å². The zero-order chi connectivity index (χ0) is 30.8. The molecule has 2 aliphatic rings. The Morgan fingerprint density at radius 2 is 1.80 bits per heavy atom. The van der Waals surface area contributed by atoms with Crippen molar-refractivity contribution >= 4 is 16.8 Å². The second kappa shape index (κ2) is 13.0. The summed E-state index contributed by atoms with van der Waals surface area (Å²) in [5.41, 5.74) is 5.66. The summed E-state index contributed by atoms with van der Waals surface area (Å²) >= 11 is 0. The van der Waals surface area contributed by atoms with Gasteiger partial charge in [0.05, 0.1) is 38.6 Å². The van der Waals surface area contributed by atoms with Crippen molar-refractivity contribution in [2.24, 2.45) is 13.0 Å². The number of aromatic nitrogens is 1. The zero-order valence-electron chi connectivity index (χ0n) is 26.2. The molecule has 0 spiro atoms. The standard InChI is InChI=1S/C36H43N3O5/c1-24-19-39(25(2)22-40)36(41)34-33(29-14-7-8-15-30(29)38(34)4)28-13-6-5-11-27(28)23-44-32(24)21-37(3)20-26-12-9-16-31-35(26)43-18-10-17-42-31/h5-9,11-16,24-25,32,40H,10,17-23H2,1-4H3/t24-,25-,32+/m1/s1. The Kier molecular flexibility index (Phi) is 8.93. The van der Waals surface area contributed by atoms with Gasteiger partial charge in [-0.05, 0) is 37.2 Å². The molecule has 3 heterocycles. The second-order valence-corrected chi connectivity index (χ2v) is 12.3. The first-order valence-corrected chi connectivity index (χ1v) is 15.6. The Hall–Kier alpha value is -3.85. The Balaban J connectivity index is 1.36. The van der Waals surface area contributed by atoms with E-state index in [1.54, 1.807) is 0 Å². The van der Waals surface area contributed by atoms with E-state index < -0.39 is 0 Å². The average molecular weight is 598 g/mol. The fourth-order valence-electron chi connectivity index (χ4n) is 6.57. The molecule has 1 aromatic heterocycles. The van der Waals surface area contributed by atoms with Gasteiger partial charge in [-0.15, -0.1) is 0 Å². The van der Waals surface area contributed by atoms with Gasteiger partial charge >= 0.3 is 0 Å². The fourth-order valence-corrected chi connectivity index (χ4v) is 6.57. The number of hydrogen-bond donors (Lipinski definition) is 1. The van der Waals surface area contributed by atoms with Crippen LogP contribution >= 0.6 is 0 Å². The molecule has 0 aliphatic carbocycles. The maximum Gasteiger partial charge on any atom is 0.271 e. The van der Waals surface area contributed by atoms with Gasteiger partial charge in [-0.1, -0.05) is 61.5 Å². The lowest BCUT2D eigenvalue weighted by Gasteiger charge is -2.35. The molecule has 0 saturated heterocycles. The molecule has 232 valence electrons. The predicted molar refractivity (Wildman–Crippen MR) is 172 cm³/mol. The molecule has 0 bridgehead atoms. The number of benzene rings is 3. The third kappa shape index (κ3) is 5.82. The third-order valence-corrected chi connectivity index (χ3v) is 9.01. The van der Waals surface area contributed by atoms with E-state index in [1.165, 1.54) is 0 Å². The third-order valence-electron chi connectivity index (χ3n) is 9.01. The first kappa shape index (κ1) is 30.2. The van der Waals surface area contributed by atoms with E-state index in [-0.39, 0.29) is 30.6 Å². The minimum Gasteiger partial charge on any atom is -0.490 e. The number of amides is 1. The Bertz CT molecular complexity index is 1630. The van der Waals surface area contributed by atoms with Crippen LogP contribution in [0.5, 0.6) is 11.5 Å². The average Bonchev–Trinajstić information content (AvgIpc) is 3.16. The van der Waals surface area contributed by atoms with E-state index >= 15 is 0 Å². The maximum absolute atomic E-state index is 14.6. The largest absolute Gasteiger partial charge is 0.490 e. The number of para-hydroxylation sites is 2. The van der Waals surface area contributed by atoms with Gasteiger partial charge in [-0.25, -0.2) is 0 Å². The number of hydrogen-bond acceptors (Lipinski definition) is 6. The van der Waals surface area contributed by atoms with Crippen molar-refractivity contribution in [1.82, 2.24) is 14.4 Å². The number of ether oxygens (including phenoxy) is 3. The lowest BCUT2D eigenvalue weighted by molar-refractivity contribution is -0.0242. The Labute approximate surface area is 259 Å². The summed E-state index contributed by atoms with van der Waals surface area (Å²) in [6, 6.07) is 22.1. The van der Waals surface area contributed by atoms with E-state index in [2.05, 4.69) is 49.2 Å². The lowest BCUT2D eigenvalue weighted by Crippen LogP contribution is -2.47. The minimum absolute atomic E-state index is 0.00808. The van der Waals surface area contributed by atoms with Gasteiger partial charge < -0.3 is 28.8 Å². The first-order valence-electron chi connectivity index (χ1n) is 15.6. The van der Waals surface area contributed by atoms with Crippen LogP contribution in [-0.2, 0) is 24.9 Å². The van der Waals surface area contributed by atoms with E-state index in [0.29, 0.717) is 45.1 Å². The van der Waals surface area contributed by atoms with Gasteiger partial charge in [-0.2, -0.15) is 0 Å². The van der Waals surface area contributed by atoms with Gasteiger partial charge in [-0.3, -0.25) is 9.69 Å². The number of carbonyl (C=O) groups is 1. The predicted octanol–water partition coefficient (Wildman–Crippen LogP) is 5.50. The van der Waals surface area contributed by atoms with Crippen LogP contribution in [-0.4, -0.2) is 77.5 Å². The molecule has 44 heavy (non-hydrogen) atoms. The van der Waals surface area contributed by atoms with Gasteiger partial charge in [0.2, 0.25) is 0 Å². The van der Waals surface area contributed by atoms with Gasteiger partial charge in [0.1, 0.15) is 5.69 Å². The molecule has 0 saturated carbocycles. The van der Waals surface area contributed by atoms with Gasteiger partial charge in [0.15, 0.2) is 11.5 Å². The molecule has 0 unspecified atom stereocenters. The highest BCUT2D eigenvalue weighted by Gasteiger charge is 2.33.